The van der Waals surface area contributed by atoms with Gasteiger partial charge in [0, 0.05) is 37.8 Å². The lowest BCUT2D eigenvalue weighted by atomic mass is 9.76. The Labute approximate surface area is 89.3 Å². The lowest BCUT2D eigenvalue weighted by Gasteiger charge is -2.42. The molecular weight excluding hydrogens is 194 g/mol. The number of rotatable bonds is 0. The fraction of sp³-hybridized carbons (Fsp3) is 0.909. The van der Waals surface area contributed by atoms with E-state index in [1.54, 1.807) is 0 Å². The minimum atomic E-state index is -0.421. The largest absolute Gasteiger partial charge is 0.348 e. The number of fused-ring (bicyclic) bond motifs is 1. The first-order valence-electron chi connectivity index (χ1n) is 5.83. The second-order valence-electron chi connectivity index (χ2n) is 4.73. The molecule has 4 nitrogen and oxygen atoms in total. The average molecular weight is 211 g/mol. The molecule has 0 radical (unpaired) electrons. The molecule has 2 aliphatic heterocycles. The fourth-order valence-corrected chi connectivity index (χ4v) is 3.06. The summed E-state index contributed by atoms with van der Waals surface area (Å²) in [6.07, 6.45) is 3.34. The average Bonchev–Trinajstić information content (AvgIpc) is 2.68. The Morgan fingerprint density at radius 1 is 1.33 bits per heavy atom. The van der Waals surface area contributed by atoms with Gasteiger partial charge in [-0.2, -0.15) is 0 Å². The van der Waals surface area contributed by atoms with Gasteiger partial charge in [0.05, 0.1) is 13.2 Å². The summed E-state index contributed by atoms with van der Waals surface area (Å²) in [6, 6.07) is 0.365. The number of hydrogen-bond donors (Lipinski definition) is 1. The summed E-state index contributed by atoms with van der Waals surface area (Å²) >= 11 is 0. The molecule has 3 fully saturated rings. The molecule has 84 valence electrons. The second-order valence-corrected chi connectivity index (χ2v) is 4.73. The molecule has 2 atom stereocenters. The lowest BCUT2D eigenvalue weighted by molar-refractivity contribution is -0.193. The number of carbonyl (C=O) groups excluding carboxylic acids is 1. The van der Waals surface area contributed by atoms with Crippen molar-refractivity contribution < 1.29 is 14.3 Å². The highest BCUT2D eigenvalue weighted by Gasteiger charge is 2.48. The van der Waals surface area contributed by atoms with E-state index in [1.165, 1.54) is 0 Å². The zero-order chi connectivity index (χ0) is 10.3. The summed E-state index contributed by atoms with van der Waals surface area (Å²) in [5.74, 6) is 0.0816. The number of carbonyl (C=O) groups is 1. The van der Waals surface area contributed by atoms with Crippen molar-refractivity contribution in [1.29, 1.82) is 0 Å². The Balaban J connectivity index is 1.76. The van der Waals surface area contributed by atoms with Gasteiger partial charge in [-0.05, 0) is 6.42 Å². The van der Waals surface area contributed by atoms with Crippen molar-refractivity contribution in [1.82, 2.24) is 5.32 Å². The lowest BCUT2D eigenvalue weighted by Crippen LogP contribution is -2.54. The van der Waals surface area contributed by atoms with E-state index >= 15 is 0 Å². The van der Waals surface area contributed by atoms with Crippen LogP contribution in [0.3, 0.4) is 0 Å². The third kappa shape index (κ3) is 1.61. The van der Waals surface area contributed by atoms with E-state index in [2.05, 4.69) is 5.32 Å². The van der Waals surface area contributed by atoms with Crippen LogP contribution in [0.25, 0.3) is 0 Å². The van der Waals surface area contributed by atoms with Crippen LogP contribution in [-0.4, -0.2) is 37.4 Å². The summed E-state index contributed by atoms with van der Waals surface area (Å²) in [7, 11) is 0. The molecule has 4 heteroatoms. The molecular formula is C11H17NO3. The predicted octanol–water partition coefficient (Wildman–Crippen LogP) is 0.461. The Hall–Kier alpha value is -0.450. The highest BCUT2D eigenvalue weighted by atomic mass is 16.7. The van der Waals surface area contributed by atoms with Crippen LogP contribution in [0.15, 0.2) is 0 Å². The van der Waals surface area contributed by atoms with Crippen LogP contribution in [0.2, 0.25) is 0 Å². The highest BCUT2D eigenvalue weighted by Crippen LogP contribution is 2.40. The molecule has 3 rings (SSSR count). The van der Waals surface area contributed by atoms with Crippen LogP contribution in [0, 0.1) is 5.92 Å². The van der Waals surface area contributed by atoms with Gasteiger partial charge in [0.2, 0.25) is 0 Å². The molecule has 0 aromatic heterocycles. The summed E-state index contributed by atoms with van der Waals surface area (Å²) < 4.78 is 11.4. The number of Topliss-reactive ketones (excluding diaryl/α,β-unsaturated/α-hetero) is 1. The normalized spacial score (nSPS) is 39.3. The monoisotopic (exact) mass is 211 g/mol. The van der Waals surface area contributed by atoms with E-state index in [4.69, 9.17) is 9.47 Å². The van der Waals surface area contributed by atoms with Gasteiger partial charge in [0.15, 0.2) is 5.79 Å². The zero-order valence-corrected chi connectivity index (χ0v) is 8.83. The molecule has 2 saturated heterocycles. The maximum Gasteiger partial charge on any atom is 0.169 e. The third-order valence-electron chi connectivity index (χ3n) is 3.86. The SMILES string of the molecule is O=C1CCNC2CCC3(CC12)OCCO3. The minimum absolute atomic E-state index is 0.116. The molecule has 0 aromatic carbocycles. The van der Waals surface area contributed by atoms with Crippen LogP contribution in [0.5, 0.6) is 0 Å². The van der Waals surface area contributed by atoms with Gasteiger partial charge < -0.3 is 14.8 Å². The summed E-state index contributed by atoms with van der Waals surface area (Å²) in [5, 5.41) is 3.43. The topological polar surface area (TPSA) is 47.6 Å². The van der Waals surface area contributed by atoms with E-state index in [-0.39, 0.29) is 5.92 Å². The molecule has 1 spiro atoms. The minimum Gasteiger partial charge on any atom is -0.348 e. The molecule has 0 bridgehead atoms. The smallest absolute Gasteiger partial charge is 0.169 e. The van der Waals surface area contributed by atoms with Crippen LogP contribution < -0.4 is 5.32 Å². The van der Waals surface area contributed by atoms with Gasteiger partial charge in [0.1, 0.15) is 5.78 Å². The quantitative estimate of drug-likeness (QED) is 0.632. The van der Waals surface area contributed by atoms with Crippen LogP contribution in [-0.2, 0) is 14.3 Å². The fourth-order valence-electron chi connectivity index (χ4n) is 3.06. The maximum absolute atomic E-state index is 11.8. The molecule has 1 N–H and O–H groups in total. The molecule has 1 saturated carbocycles. The first-order chi connectivity index (χ1) is 7.29. The first kappa shape index (κ1) is 9.75. The van der Waals surface area contributed by atoms with Crippen LogP contribution in [0.4, 0.5) is 0 Å². The molecule has 0 aromatic rings. The van der Waals surface area contributed by atoms with Gasteiger partial charge >= 0.3 is 0 Å². The van der Waals surface area contributed by atoms with E-state index in [0.29, 0.717) is 31.5 Å². The van der Waals surface area contributed by atoms with Crippen molar-refractivity contribution in [2.45, 2.75) is 37.5 Å². The standard InChI is InChI=1S/C11H17NO3/c13-10-2-4-12-9-1-3-11(7-8(9)10)14-5-6-15-11/h8-9,12H,1-7H2. The van der Waals surface area contributed by atoms with Crippen molar-refractivity contribution in [3.05, 3.63) is 0 Å². The molecule has 15 heavy (non-hydrogen) atoms. The summed E-state index contributed by atoms with van der Waals surface area (Å²) in [5.41, 5.74) is 0. The van der Waals surface area contributed by atoms with Crippen molar-refractivity contribution in [3.8, 4) is 0 Å². The second kappa shape index (κ2) is 3.54. The summed E-state index contributed by atoms with van der Waals surface area (Å²) in [6.45, 7) is 2.20. The van der Waals surface area contributed by atoms with E-state index < -0.39 is 5.79 Å². The Morgan fingerprint density at radius 2 is 2.13 bits per heavy atom. The molecule has 2 unspecified atom stereocenters. The van der Waals surface area contributed by atoms with E-state index in [0.717, 1.165) is 25.8 Å². The molecule has 3 aliphatic rings. The van der Waals surface area contributed by atoms with Gasteiger partial charge in [-0.1, -0.05) is 0 Å². The maximum atomic E-state index is 11.8. The van der Waals surface area contributed by atoms with Crippen molar-refractivity contribution in [2.24, 2.45) is 5.92 Å². The van der Waals surface area contributed by atoms with Gasteiger partial charge in [-0.15, -0.1) is 0 Å². The van der Waals surface area contributed by atoms with Gasteiger partial charge in [-0.3, -0.25) is 4.79 Å². The Morgan fingerprint density at radius 3 is 2.93 bits per heavy atom. The van der Waals surface area contributed by atoms with Crippen LogP contribution >= 0.6 is 0 Å². The molecule has 1 aliphatic carbocycles. The van der Waals surface area contributed by atoms with Crippen molar-refractivity contribution in [2.75, 3.05) is 19.8 Å². The molecule has 2 heterocycles. The number of ketones is 1. The Bertz CT molecular complexity index is 273. The molecule has 0 amide bonds. The predicted molar refractivity (Wildman–Crippen MR) is 53.4 cm³/mol. The van der Waals surface area contributed by atoms with E-state index in [9.17, 15) is 4.79 Å². The Kier molecular flexibility index (Phi) is 2.30. The zero-order valence-electron chi connectivity index (χ0n) is 8.83. The number of nitrogens with one attached hydrogen (secondary N) is 1. The van der Waals surface area contributed by atoms with Crippen molar-refractivity contribution >= 4 is 5.78 Å². The highest BCUT2D eigenvalue weighted by molar-refractivity contribution is 5.83. The summed E-state index contributed by atoms with van der Waals surface area (Å²) in [4.78, 5) is 11.8. The third-order valence-corrected chi connectivity index (χ3v) is 3.86. The van der Waals surface area contributed by atoms with Crippen molar-refractivity contribution in [3.63, 3.8) is 0 Å². The number of piperidine rings is 1. The van der Waals surface area contributed by atoms with Gasteiger partial charge in [-0.25, -0.2) is 0 Å². The number of hydrogen-bond acceptors (Lipinski definition) is 4. The van der Waals surface area contributed by atoms with Gasteiger partial charge in [0.25, 0.3) is 0 Å². The number of ether oxygens (including phenoxy) is 2. The van der Waals surface area contributed by atoms with Crippen LogP contribution in [0.1, 0.15) is 25.7 Å². The van der Waals surface area contributed by atoms with E-state index in [1.807, 2.05) is 0 Å². The first-order valence-corrected chi connectivity index (χ1v) is 5.83.